The molecule has 1 aromatic rings. The smallest absolute Gasteiger partial charge is 0.251 e. The molecule has 1 atom stereocenters. The van der Waals surface area contributed by atoms with Gasteiger partial charge in [0.05, 0.1) is 14.2 Å². The van der Waals surface area contributed by atoms with Crippen LogP contribution in [-0.4, -0.2) is 87.9 Å². The van der Waals surface area contributed by atoms with Gasteiger partial charge in [0.2, 0.25) is 0 Å². The minimum Gasteiger partial charge on any atom is -0.493 e. The Morgan fingerprint density at radius 1 is 1.16 bits per heavy atom. The molecular weight excluding hydrogens is 511 g/mol. The summed E-state index contributed by atoms with van der Waals surface area (Å²) in [5.41, 5.74) is 1.15. The van der Waals surface area contributed by atoms with Crippen LogP contribution in [0.3, 0.4) is 0 Å². The number of rotatable bonds is 7. The second kappa shape index (κ2) is 12.9. The van der Waals surface area contributed by atoms with Gasteiger partial charge in [-0.2, -0.15) is 0 Å². The van der Waals surface area contributed by atoms with Crippen molar-refractivity contribution in [3.63, 3.8) is 0 Å². The SMILES string of the molecule is CCNC(=NCCc1ccc(OC)c(OC)c1)N1CCN(C(=O)C2CCCO2)CC1.I. The van der Waals surface area contributed by atoms with E-state index in [1.807, 2.05) is 23.1 Å². The molecule has 2 fully saturated rings. The normalized spacial score (nSPS) is 19.1. The lowest BCUT2D eigenvalue weighted by Gasteiger charge is -2.37. The van der Waals surface area contributed by atoms with Gasteiger partial charge in [-0.05, 0) is 43.9 Å². The molecule has 2 aliphatic heterocycles. The Hall–Kier alpha value is -1.75. The highest BCUT2D eigenvalue weighted by molar-refractivity contribution is 14.0. The number of aliphatic imine (C=N–C) groups is 1. The number of guanidine groups is 1. The van der Waals surface area contributed by atoms with Gasteiger partial charge in [-0.15, -0.1) is 24.0 Å². The predicted octanol–water partition coefficient (Wildman–Crippen LogP) is 2.15. The minimum absolute atomic E-state index is 0. The van der Waals surface area contributed by atoms with Gasteiger partial charge in [-0.25, -0.2) is 0 Å². The number of amides is 1. The van der Waals surface area contributed by atoms with Gasteiger partial charge in [0, 0.05) is 45.9 Å². The van der Waals surface area contributed by atoms with Crippen LogP contribution in [0.25, 0.3) is 0 Å². The molecule has 31 heavy (non-hydrogen) atoms. The summed E-state index contributed by atoms with van der Waals surface area (Å²) in [5.74, 6) is 2.51. The highest BCUT2D eigenvalue weighted by Gasteiger charge is 2.30. The molecule has 0 aliphatic carbocycles. The second-order valence-electron chi connectivity index (χ2n) is 7.49. The van der Waals surface area contributed by atoms with Crippen LogP contribution in [0.5, 0.6) is 11.5 Å². The van der Waals surface area contributed by atoms with E-state index in [-0.39, 0.29) is 36.0 Å². The number of nitrogens with zero attached hydrogens (tertiary/aromatic N) is 3. The third kappa shape index (κ3) is 6.86. The van der Waals surface area contributed by atoms with Crippen molar-refractivity contribution in [1.82, 2.24) is 15.1 Å². The topological polar surface area (TPSA) is 75.6 Å². The molecule has 0 spiro atoms. The summed E-state index contributed by atoms with van der Waals surface area (Å²) in [4.78, 5) is 21.5. The Morgan fingerprint density at radius 3 is 2.48 bits per heavy atom. The Kier molecular flexibility index (Phi) is 10.7. The number of methoxy groups -OCH3 is 2. The van der Waals surface area contributed by atoms with E-state index in [1.54, 1.807) is 14.2 Å². The van der Waals surface area contributed by atoms with E-state index in [0.29, 0.717) is 26.2 Å². The molecule has 9 heteroatoms. The maximum absolute atomic E-state index is 12.5. The average Bonchev–Trinajstić information content (AvgIpc) is 3.33. The fraction of sp³-hybridized carbons (Fsp3) is 0.636. The van der Waals surface area contributed by atoms with Crippen molar-refractivity contribution in [2.45, 2.75) is 32.3 Å². The highest BCUT2D eigenvalue weighted by Crippen LogP contribution is 2.27. The summed E-state index contributed by atoms with van der Waals surface area (Å²) in [5, 5.41) is 3.38. The first-order valence-electron chi connectivity index (χ1n) is 10.8. The van der Waals surface area contributed by atoms with Crippen LogP contribution in [-0.2, 0) is 16.0 Å². The number of carbonyl (C=O) groups excluding carboxylic acids is 1. The molecular formula is C22H35IN4O4. The van der Waals surface area contributed by atoms with Crippen molar-refractivity contribution < 1.29 is 19.0 Å². The summed E-state index contributed by atoms with van der Waals surface area (Å²) in [6.45, 7) is 7.23. The van der Waals surface area contributed by atoms with Crippen molar-refractivity contribution in [3.8, 4) is 11.5 Å². The number of piperazine rings is 1. The molecule has 0 aromatic heterocycles. The molecule has 2 heterocycles. The molecule has 2 aliphatic rings. The number of carbonyl (C=O) groups is 1. The monoisotopic (exact) mass is 546 g/mol. The van der Waals surface area contributed by atoms with E-state index in [9.17, 15) is 4.79 Å². The standard InChI is InChI=1S/C22H34N4O4.HI/c1-4-23-22(24-10-9-17-7-8-18(28-2)20(16-17)29-3)26-13-11-25(12-14-26)21(27)19-6-5-15-30-19;/h7-8,16,19H,4-6,9-15H2,1-3H3,(H,23,24);1H. The summed E-state index contributed by atoms with van der Waals surface area (Å²) < 4.78 is 16.2. The second-order valence-corrected chi connectivity index (χ2v) is 7.49. The van der Waals surface area contributed by atoms with E-state index < -0.39 is 0 Å². The first kappa shape index (κ1) is 25.5. The minimum atomic E-state index is -0.236. The van der Waals surface area contributed by atoms with Crippen molar-refractivity contribution in [1.29, 1.82) is 0 Å². The molecule has 0 radical (unpaired) electrons. The Morgan fingerprint density at radius 2 is 1.87 bits per heavy atom. The zero-order valence-electron chi connectivity index (χ0n) is 18.8. The molecule has 3 rings (SSSR count). The zero-order chi connectivity index (χ0) is 21.3. The molecule has 1 aromatic carbocycles. The Labute approximate surface area is 202 Å². The average molecular weight is 546 g/mol. The maximum Gasteiger partial charge on any atom is 0.251 e. The first-order chi connectivity index (χ1) is 14.7. The summed E-state index contributed by atoms with van der Waals surface area (Å²) in [6, 6.07) is 5.96. The van der Waals surface area contributed by atoms with Gasteiger partial charge in [0.25, 0.3) is 5.91 Å². The van der Waals surface area contributed by atoms with Crippen LogP contribution in [0.15, 0.2) is 23.2 Å². The quantitative estimate of drug-likeness (QED) is 0.321. The summed E-state index contributed by atoms with van der Waals surface area (Å²) >= 11 is 0. The summed E-state index contributed by atoms with van der Waals surface area (Å²) in [7, 11) is 3.28. The van der Waals surface area contributed by atoms with Crippen LogP contribution in [0.2, 0.25) is 0 Å². The molecule has 1 amide bonds. The molecule has 0 saturated carbocycles. The summed E-state index contributed by atoms with van der Waals surface area (Å²) in [6.07, 6.45) is 2.40. The molecule has 1 N–H and O–H groups in total. The predicted molar refractivity (Wildman–Crippen MR) is 132 cm³/mol. The van der Waals surface area contributed by atoms with Crippen LogP contribution >= 0.6 is 24.0 Å². The van der Waals surface area contributed by atoms with Crippen molar-refractivity contribution in [3.05, 3.63) is 23.8 Å². The number of hydrogen-bond donors (Lipinski definition) is 1. The number of halogens is 1. The van der Waals surface area contributed by atoms with E-state index in [0.717, 1.165) is 61.9 Å². The fourth-order valence-electron chi connectivity index (χ4n) is 3.87. The molecule has 1 unspecified atom stereocenters. The number of ether oxygens (including phenoxy) is 3. The highest BCUT2D eigenvalue weighted by atomic mass is 127. The molecule has 0 bridgehead atoms. The van der Waals surface area contributed by atoms with Crippen LogP contribution < -0.4 is 14.8 Å². The lowest BCUT2D eigenvalue weighted by Crippen LogP contribution is -2.55. The van der Waals surface area contributed by atoms with Crippen molar-refractivity contribution >= 4 is 35.8 Å². The van der Waals surface area contributed by atoms with Gasteiger partial charge in [0.1, 0.15) is 6.10 Å². The lowest BCUT2D eigenvalue weighted by atomic mass is 10.1. The number of benzene rings is 1. The van der Waals surface area contributed by atoms with Crippen molar-refractivity contribution in [2.75, 3.05) is 60.1 Å². The van der Waals surface area contributed by atoms with Gasteiger partial charge in [0.15, 0.2) is 17.5 Å². The third-order valence-corrected chi connectivity index (χ3v) is 5.54. The Balaban J connectivity index is 0.00000341. The van der Waals surface area contributed by atoms with Gasteiger partial charge >= 0.3 is 0 Å². The van der Waals surface area contributed by atoms with E-state index in [1.165, 1.54) is 0 Å². The van der Waals surface area contributed by atoms with Crippen LogP contribution in [0.1, 0.15) is 25.3 Å². The molecule has 174 valence electrons. The van der Waals surface area contributed by atoms with Gasteiger partial charge < -0.3 is 29.3 Å². The largest absolute Gasteiger partial charge is 0.493 e. The van der Waals surface area contributed by atoms with Gasteiger partial charge in [-0.1, -0.05) is 6.07 Å². The number of nitrogens with one attached hydrogen (secondary N) is 1. The van der Waals surface area contributed by atoms with Crippen molar-refractivity contribution in [2.24, 2.45) is 4.99 Å². The lowest BCUT2D eigenvalue weighted by molar-refractivity contribution is -0.142. The molecule has 2 saturated heterocycles. The van der Waals surface area contributed by atoms with Crippen LogP contribution in [0, 0.1) is 0 Å². The number of hydrogen-bond acceptors (Lipinski definition) is 5. The fourth-order valence-corrected chi connectivity index (χ4v) is 3.87. The zero-order valence-corrected chi connectivity index (χ0v) is 21.1. The van der Waals surface area contributed by atoms with E-state index in [2.05, 4.69) is 17.1 Å². The maximum atomic E-state index is 12.5. The first-order valence-corrected chi connectivity index (χ1v) is 10.8. The molecule has 8 nitrogen and oxygen atoms in total. The third-order valence-electron chi connectivity index (χ3n) is 5.54. The Bertz CT molecular complexity index is 732. The van der Waals surface area contributed by atoms with E-state index in [4.69, 9.17) is 19.2 Å². The van der Waals surface area contributed by atoms with E-state index >= 15 is 0 Å². The van der Waals surface area contributed by atoms with Crippen LogP contribution in [0.4, 0.5) is 0 Å². The van der Waals surface area contributed by atoms with Gasteiger partial charge in [-0.3, -0.25) is 9.79 Å².